The summed E-state index contributed by atoms with van der Waals surface area (Å²) in [7, 11) is 0. The van der Waals surface area contributed by atoms with Crippen molar-refractivity contribution in [3.63, 3.8) is 0 Å². The van der Waals surface area contributed by atoms with Crippen LogP contribution in [0.15, 0.2) is 79.5 Å². The van der Waals surface area contributed by atoms with Gasteiger partial charge in [0.2, 0.25) is 0 Å². The molecule has 0 aliphatic rings. The fourth-order valence-corrected chi connectivity index (χ4v) is 3.09. The van der Waals surface area contributed by atoms with Crippen molar-refractivity contribution >= 4 is 5.91 Å². The summed E-state index contributed by atoms with van der Waals surface area (Å²) in [5, 5.41) is 0. The molecule has 0 fully saturated rings. The summed E-state index contributed by atoms with van der Waals surface area (Å²) in [5.41, 5.74) is 3.52. The van der Waals surface area contributed by atoms with Crippen LogP contribution in [0, 0.1) is 12.7 Å². The number of carbonyl (C=O) groups is 1. The Hall–Kier alpha value is -3.14. The molecule has 0 atom stereocenters. The van der Waals surface area contributed by atoms with Gasteiger partial charge in [0.25, 0.3) is 5.91 Å². The van der Waals surface area contributed by atoms with Gasteiger partial charge in [-0.15, -0.1) is 6.58 Å². The van der Waals surface area contributed by atoms with Crippen molar-refractivity contribution in [2.45, 2.75) is 20.0 Å². The van der Waals surface area contributed by atoms with Gasteiger partial charge in [-0.1, -0.05) is 42.5 Å². The molecule has 3 nitrogen and oxygen atoms in total. The Morgan fingerprint density at radius 3 is 2.59 bits per heavy atom. The van der Waals surface area contributed by atoms with Crippen molar-refractivity contribution in [1.29, 1.82) is 0 Å². The molecule has 3 rings (SSSR count). The van der Waals surface area contributed by atoms with E-state index in [9.17, 15) is 9.18 Å². The van der Waals surface area contributed by atoms with E-state index >= 15 is 0 Å². The highest BCUT2D eigenvalue weighted by atomic mass is 19.1. The summed E-state index contributed by atoms with van der Waals surface area (Å²) in [6.07, 6.45) is 3.66. The van der Waals surface area contributed by atoms with Gasteiger partial charge in [-0.25, -0.2) is 4.39 Å². The van der Waals surface area contributed by atoms with E-state index < -0.39 is 5.82 Å². The number of aryl methyl sites for hydroxylation is 1. The third-order valence-electron chi connectivity index (χ3n) is 4.62. The molecule has 4 heteroatoms. The van der Waals surface area contributed by atoms with Gasteiger partial charge in [0.15, 0.2) is 0 Å². The van der Waals surface area contributed by atoms with E-state index in [1.165, 1.54) is 23.3 Å². The first-order valence-electron chi connectivity index (χ1n) is 8.93. The Bertz CT molecular complexity index is 945. The number of benzene rings is 2. The highest BCUT2D eigenvalue weighted by Gasteiger charge is 2.19. The Labute approximate surface area is 159 Å². The predicted octanol–water partition coefficient (Wildman–Crippen LogP) is 4.81. The van der Waals surface area contributed by atoms with Gasteiger partial charge < -0.3 is 9.47 Å². The minimum atomic E-state index is -0.508. The van der Waals surface area contributed by atoms with E-state index in [2.05, 4.69) is 30.2 Å². The molecule has 1 aromatic heterocycles. The van der Waals surface area contributed by atoms with Crippen LogP contribution in [0.4, 0.5) is 4.39 Å². The molecule has 1 heterocycles. The lowest BCUT2D eigenvalue weighted by atomic mass is 10.1. The van der Waals surface area contributed by atoms with Gasteiger partial charge in [0.1, 0.15) is 5.82 Å². The smallest absolute Gasteiger partial charge is 0.257 e. The Balaban J connectivity index is 1.83. The van der Waals surface area contributed by atoms with Crippen LogP contribution >= 0.6 is 0 Å². The standard InChI is InChI=1S/C23H23FN2O/c1-3-14-26(23(27)21-12-6-7-13-22(21)24)17-20-11-8-15-25(20)16-19-10-5-4-9-18(19)2/h3-13,15H,1,14,16-17H2,2H3. The minimum absolute atomic E-state index is 0.0800. The Kier molecular flexibility index (Phi) is 5.87. The summed E-state index contributed by atoms with van der Waals surface area (Å²) in [4.78, 5) is 14.4. The van der Waals surface area contributed by atoms with Gasteiger partial charge in [0, 0.05) is 25.0 Å². The molecule has 0 saturated carbocycles. The van der Waals surface area contributed by atoms with Gasteiger partial charge in [0.05, 0.1) is 12.1 Å². The van der Waals surface area contributed by atoms with E-state index in [1.807, 2.05) is 30.5 Å². The van der Waals surface area contributed by atoms with Crippen molar-refractivity contribution in [3.05, 3.63) is 108 Å². The molecular weight excluding hydrogens is 339 g/mol. The molecule has 3 aromatic rings. The fourth-order valence-electron chi connectivity index (χ4n) is 3.09. The number of hydrogen-bond donors (Lipinski definition) is 0. The zero-order valence-electron chi connectivity index (χ0n) is 15.4. The van der Waals surface area contributed by atoms with Crippen LogP contribution in [0.1, 0.15) is 27.2 Å². The molecule has 1 amide bonds. The van der Waals surface area contributed by atoms with Crippen LogP contribution in [-0.2, 0) is 13.1 Å². The van der Waals surface area contributed by atoms with Crippen LogP contribution in [0.3, 0.4) is 0 Å². The summed E-state index contributed by atoms with van der Waals surface area (Å²) < 4.78 is 16.2. The molecule has 0 aliphatic heterocycles. The highest BCUT2D eigenvalue weighted by Crippen LogP contribution is 2.16. The molecule has 0 saturated heterocycles. The fraction of sp³-hybridized carbons (Fsp3) is 0.174. The van der Waals surface area contributed by atoms with Crippen molar-refractivity contribution in [3.8, 4) is 0 Å². The number of nitrogens with zero attached hydrogens (tertiary/aromatic N) is 2. The molecule has 0 spiro atoms. The second-order valence-corrected chi connectivity index (χ2v) is 6.51. The maximum Gasteiger partial charge on any atom is 0.257 e. The molecular formula is C23H23FN2O. The number of hydrogen-bond acceptors (Lipinski definition) is 1. The average Bonchev–Trinajstić information content (AvgIpc) is 3.10. The lowest BCUT2D eigenvalue weighted by Gasteiger charge is -2.23. The van der Waals surface area contributed by atoms with Gasteiger partial charge in [-0.2, -0.15) is 0 Å². The van der Waals surface area contributed by atoms with E-state index in [0.29, 0.717) is 13.1 Å². The quantitative estimate of drug-likeness (QED) is 0.554. The van der Waals surface area contributed by atoms with Crippen LogP contribution in [-0.4, -0.2) is 21.9 Å². The molecule has 2 aromatic carbocycles. The molecule has 0 bridgehead atoms. The topological polar surface area (TPSA) is 25.2 Å². The normalized spacial score (nSPS) is 10.6. The number of halogens is 1. The molecule has 0 N–H and O–H groups in total. The summed E-state index contributed by atoms with van der Waals surface area (Å²) in [6.45, 7) is 7.29. The molecule has 0 radical (unpaired) electrons. The van der Waals surface area contributed by atoms with Crippen molar-refractivity contribution in [1.82, 2.24) is 9.47 Å². The monoisotopic (exact) mass is 362 g/mol. The number of amides is 1. The molecule has 0 aliphatic carbocycles. The van der Waals surface area contributed by atoms with E-state index in [4.69, 9.17) is 0 Å². The zero-order valence-corrected chi connectivity index (χ0v) is 15.4. The Morgan fingerprint density at radius 1 is 1.11 bits per heavy atom. The molecule has 27 heavy (non-hydrogen) atoms. The molecule has 0 unspecified atom stereocenters. The highest BCUT2D eigenvalue weighted by molar-refractivity contribution is 5.94. The average molecular weight is 362 g/mol. The predicted molar refractivity (Wildman–Crippen MR) is 106 cm³/mol. The van der Waals surface area contributed by atoms with Gasteiger partial charge in [-0.3, -0.25) is 4.79 Å². The van der Waals surface area contributed by atoms with Crippen molar-refractivity contribution < 1.29 is 9.18 Å². The van der Waals surface area contributed by atoms with Crippen LogP contribution < -0.4 is 0 Å². The van der Waals surface area contributed by atoms with Crippen molar-refractivity contribution in [2.24, 2.45) is 0 Å². The first kappa shape index (κ1) is 18.6. The second kappa shape index (κ2) is 8.49. The van der Waals surface area contributed by atoms with Crippen molar-refractivity contribution in [2.75, 3.05) is 6.54 Å². The van der Waals surface area contributed by atoms with Crippen LogP contribution in [0.5, 0.6) is 0 Å². The SMILES string of the molecule is C=CCN(Cc1cccn1Cc1ccccc1C)C(=O)c1ccccc1F. The summed E-state index contributed by atoms with van der Waals surface area (Å²) in [5.74, 6) is -0.844. The maximum atomic E-state index is 14.1. The van der Waals surface area contributed by atoms with Crippen LogP contribution in [0.2, 0.25) is 0 Å². The lowest BCUT2D eigenvalue weighted by molar-refractivity contribution is 0.0754. The summed E-state index contributed by atoms with van der Waals surface area (Å²) >= 11 is 0. The maximum absolute atomic E-state index is 14.1. The van der Waals surface area contributed by atoms with E-state index in [-0.39, 0.29) is 11.5 Å². The van der Waals surface area contributed by atoms with E-state index in [1.54, 1.807) is 23.1 Å². The first-order valence-corrected chi connectivity index (χ1v) is 8.93. The van der Waals surface area contributed by atoms with Crippen LogP contribution in [0.25, 0.3) is 0 Å². The van der Waals surface area contributed by atoms with E-state index in [0.717, 1.165) is 12.2 Å². The van der Waals surface area contributed by atoms with Gasteiger partial charge in [-0.05, 0) is 42.3 Å². The number of carbonyl (C=O) groups excluding carboxylic acids is 1. The van der Waals surface area contributed by atoms with Gasteiger partial charge >= 0.3 is 0 Å². The first-order chi connectivity index (χ1) is 13.1. The summed E-state index contributed by atoms with van der Waals surface area (Å²) in [6, 6.07) is 18.3. The largest absolute Gasteiger partial charge is 0.345 e. The molecule has 138 valence electrons. The number of aromatic nitrogens is 1. The minimum Gasteiger partial charge on any atom is -0.345 e. The second-order valence-electron chi connectivity index (χ2n) is 6.51. The lowest BCUT2D eigenvalue weighted by Crippen LogP contribution is -2.32. The Morgan fingerprint density at radius 2 is 1.85 bits per heavy atom. The zero-order chi connectivity index (χ0) is 19.2. The number of rotatable bonds is 7. The third kappa shape index (κ3) is 4.34. The third-order valence-corrected chi connectivity index (χ3v) is 4.62.